The number of para-hydroxylation sites is 1. The highest BCUT2D eigenvalue weighted by molar-refractivity contribution is 6.00. The maximum Gasteiger partial charge on any atom is 0.260 e. The van der Waals surface area contributed by atoms with E-state index in [1.807, 2.05) is 95.9 Å². The second-order valence-electron chi connectivity index (χ2n) is 9.45. The molecule has 0 bridgehead atoms. The van der Waals surface area contributed by atoms with E-state index < -0.39 is 0 Å². The van der Waals surface area contributed by atoms with Crippen LogP contribution in [0.2, 0.25) is 0 Å². The standard InChI is InChI=1S/C32H29N5O2/c38-30(37-21-19-36(20-22-37)26-11-5-2-6-12-26)23-39-27-17-15-25(16-18-27)33-32-29-14-8-7-13-28(29)31(34-35-32)24-9-3-1-4-10-24/h1-18H,19-23H2,(H,33,35). The minimum absolute atomic E-state index is 0.00478. The Labute approximate surface area is 227 Å². The molecule has 1 aliphatic heterocycles. The van der Waals surface area contributed by atoms with Gasteiger partial charge in [-0.05, 0) is 36.4 Å². The van der Waals surface area contributed by atoms with E-state index in [-0.39, 0.29) is 12.5 Å². The molecule has 1 saturated heterocycles. The number of fused-ring (bicyclic) bond motifs is 1. The van der Waals surface area contributed by atoms with E-state index >= 15 is 0 Å². The molecule has 7 heteroatoms. The number of amides is 1. The number of rotatable bonds is 7. The van der Waals surface area contributed by atoms with Gasteiger partial charge in [-0.2, -0.15) is 0 Å². The molecule has 0 unspecified atom stereocenters. The van der Waals surface area contributed by atoms with Gasteiger partial charge in [0.15, 0.2) is 12.4 Å². The maximum atomic E-state index is 12.7. The predicted molar refractivity (Wildman–Crippen MR) is 155 cm³/mol. The molecule has 4 aromatic carbocycles. The number of carbonyl (C=O) groups excluding carboxylic acids is 1. The van der Waals surface area contributed by atoms with Crippen LogP contribution in [-0.4, -0.2) is 53.8 Å². The quantitative estimate of drug-likeness (QED) is 0.297. The van der Waals surface area contributed by atoms with Gasteiger partial charge in [-0.3, -0.25) is 4.79 Å². The second-order valence-corrected chi connectivity index (χ2v) is 9.45. The van der Waals surface area contributed by atoms with Gasteiger partial charge in [-0.1, -0.05) is 72.8 Å². The summed E-state index contributed by atoms with van der Waals surface area (Å²) in [5, 5.41) is 14.4. The molecule has 194 valence electrons. The Morgan fingerprint density at radius 2 is 1.36 bits per heavy atom. The summed E-state index contributed by atoms with van der Waals surface area (Å²) in [6.45, 7) is 3.05. The average Bonchev–Trinajstić information content (AvgIpc) is 3.02. The molecule has 1 fully saturated rings. The first-order valence-electron chi connectivity index (χ1n) is 13.1. The van der Waals surface area contributed by atoms with E-state index in [0.717, 1.165) is 40.8 Å². The zero-order chi connectivity index (χ0) is 26.4. The van der Waals surface area contributed by atoms with Crippen LogP contribution < -0.4 is 15.0 Å². The third-order valence-electron chi connectivity index (χ3n) is 6.97. The van der Waals surface area contributed by atoms with Crippen LogP contribution in [0.25, 0.3) is 22.0 Å². The second kappa shape index (κ2) is 11.2. The summed E-state index contributed by atoms with van der Waals surface area (Å²) in [6.07, 6.45) is 0. The first-order valence-corrected chi connectivity index (χ1v) is 13.1. The molecular weight excluding hydrogens is 486 g/mol. The van der Waals surface area contributed by atoms with Crippen LogP contribution >= 0.6 is 0 Å². The molecule has 2 heterocycles. The van der Waals surface area contributed by atoms with Crippen molar-refractivity contribution >= 4 is 33.9 Å². The lowest BCUT2D eigenvalue weighted by molar-refractivity contribution is -0.133. The van der Waals surface area contributed by atoms with Crippen LogP contribution in [-0.2, 0) is 4.79 Å². The normalized spacial score (nSPS) is 13.3. The topological polar surface area (TPSA) is 70.6 Å². The van der Waals surface area contributed by atoms with Crippen molar-refractivity contribution in [2.24, 2.45) is 0 Å². The fourth-order valence-corrected chi connectivity index (χ4v) is 4.87. The number of nitrogens with one attached hydrogen (secondary N) is 1. The summed E-state index contributed by atoms with van der Waals surface area (Å²) in [7, 11) is 0. The van der Waals surface area contributed by atoms with Crippen LogP contribution in [0.5, 0.6) is 5.75 Å². The van der Waals surface area contributed by atoms with Crippen LogP contribution in [0.3, 0.4) is 0 Å². The molecule has 0 aliphatic carbocycles. The van der Waals surface area contributed by atoms with E-state index in [1.165, 1.54) is 5.69 Å². The molecule has 6 rings (SSSR count). The number of benzene rings is 4. The van der Waals surface area contributed by atoms with E-state index in [9.17, 15) is 4.79 Å². The lowest BCUT2D eigenvalue weighted by atomic mass is 10.0. The van der Waals surface area contributed by atoms with Gasteiger partial charge in [0, 0.05) is 53.9 Å². The highest BCUT2D eigenvalue weighted by Gasteiger charge is 2.21. The predicted octanol–water partition coefficient (Wildman–Crippen LogP) is 5.77. The van der Waals surface area contributed by atoms with Crippen molar-refractivity contribution in [3.05, 3.63) is 109 Å². The first kappa shape index (κ1) is 24.4. The average molecular weight is 516 g/mol. The van der Waals surface area contributed by atoms with Crippen LogP contribution in [0.15, 0.2) is 109 Å². The zero-order valence-corrected chi connectivity index (χ0v) is 21.5. The van der Waals surface area contributed by atoms with Gasteiger partial charge < -0.3 is 19.9 Å². The Morgan fingerprint density at radius 1 is 0.718 bits per heavy atom. The third-order valence-corrected chi connectivity index (χ3v) is 6.97. The smallest absolute Gasteiger partial charge is 0.260 e. The first-order chi connectivity index (χ1) is 19.2. The number of anilines is 3. The maximum absolute atomic E-state index is 12.7. The molecule has 1 N–H and O–H groups in total. The summed E-state index contributed by atoms with van der Waals surface area (Å²) in [6, 6.07) is 36.0. The zero-order valence-electron chi connectivity index (χ0n) is 21.5. The lowest BCUT2D eigenvalue weighted by Crippen LogP contribution is -2.50. The van der Waals surface area contributed by atoms with Gasteiger partial charge in [0.2, 0.25) is 0 Å². The molecule has 0 radical (unpaired) electrons. The summed E-state index contributed by atoms with van der Waals surface area (Å²) < 4.78 is 5.81. The van der Waals surface area contributed by atoms with Gasteiger partial charge in [0.1, 0.15) is 11.4 Å². The molecule has 0 saturated carbocycles. The molecule has 5 aromatic rings. The van der Waals surface area contributed by atoms with Crippen molar-refractivity contribution in [2.45, 2.75) is 0 Å². The number of hydrogen-bond donors (Lipinski definition) is 1. The molecule has 0 spiro atoms. The Bertz CT molecular complexity index is 1550. The molecule has 0 atom stereocenters. The minimum atomic E-state index is 0.00478. The van der Waals surface area contributed by atoms with Crippen LogP contribution in [0.1, 0.15) is 0 Å². The van der Waals surface area contributed by atoms with E-state index in [2.05, 4.69) is 38.6 Å². The number of aromatic nitrogens is 2. The van der Waals surface area contributed by atoms with Gasteiger partial charge in [-0.25, -0.2) is 0 Å². The van der Waals surface area contributed by atoms with Gasteiger partial charge in [-0.15, -0.1) is 10.2 Å². The lowest BCUT2D eigenvalue weighted by Gasteiger charge is -2.36. The van der Waals surface area contributed by atoms with E-state index in [1.54, 1.807) is 0 Å². The summed E-state index contributed by atoms with van der Waals surface area (Å²) in [5.41, 5.74) is 3.94. The van der Waals surface area contributed by atoms with E-state index in [0.29, 0.717) is 24.7 Å². The van der Waals surface area contributed by atoms with Crippen molar-refractivity contribution in [3.8, 4) is 17.0 Å². The summed E-state index contributed by atoms with van der Waals surface area (Å²) in [5.74, 6) is 1.33. The molecule has 1 aromatic heterocycles. The molecule has 39 heavy (non-hydrogen) atoms. The van der Waals surface area contributed by atoms with Crippen molar-refractivity contribution in [1.29, 1.82) is 0 Å². The van der Waals surface area contributed by atoms with Crippen LogP contribution in [0, 0.1) is 0 Å². The number of piperazine rings is 1. The monoisotopic (exact) mass is 515 g/mol. The third kappa shape index (κ3) is 5.52. The van der Waals surface area contributed by atoms with Crippen molar-refractivity contribution < 1.29 is 9.53 Å². The Kier molecular flexibility index (Phi) is 7.03. The van der Waals surface area contributed by atoms with Gasteiger partial charge in [0.25, 0.3) is 5.91 Å². The number of ether oxygens (including phenoxy) is 1. The Hall–Kier alpha value is -4.91. The SMILES string of the molecule is O=C(COc1ccc(Nc2nnc(-c3ccccc3)c3ccccc23)cc1)N1CCN(c2ccccc2)CC1. The highest BCUT2D eigenvalue weighted by atomic mass is 16.5. The Balaban J connectivity index is 1.06. The molecule has 1 amide bonds. The minimum Gasteiger partial charge on any atom is -0.484 e. The van der Waals surface area contributed by atoms with Crippen LogP contribution in [0.4, 0.5) is 17.2 Å². The number of nitrogens with zero attached hydrogens (tertiary/aromatic N) is 4. The fourth-order valence-electron chi connectivity index (χ4n) is 4.87. The van der Waals surface area contributed by atoms with Gasteiger partial charge in [0.05, 0.1) is 0 Å². The van der Waals surface area contributed by atoms with Crippen molar-refractivity contribution in [2.75, 3.05) is 43.0 Å². The fraction of sp³-hybridized carbons (Fsp3) is 0.156. The van der Waals surface area contributed by atoms with E-state index in [4.69, 9.17) is 4.74 Å². The van der Waals surface area contributed by atoms with Crippen molar-refractivity contribution in [3.63, 3.8) is 0 Å². The number of hydrogen-bond acceptors (Lipinski definition) is 6. The largest absolute Gasteiger partial charge is 0.484 e. The van der Waals surface area contributed by atoms with Gasteiger partial charge >= 0.3 is 0 Å². The molecule has 1 aliphatic rings. The molecule has 7 nitrogen and oxygen atoms in total. The summed E-state index contributed by atoms with van der Waals surface area (Å²) >= 11 is 0. The summed E-state index contributed by atoms with van der Waals surface area (Å²) in [4.78, 5) is 16.9. The molecular formula is C32H29N5O2. The highest BCUT2D eigenvalue weighted by Crippen LogP contribution is 2.31. The number of carbonyl (C=O) groups is 1. The Morgan fingerprint density at radius 3 is 2.08 bits per heavy atom. The van der Waals surface area contributed by atoms with Crippen molar-refractivity contribution in [1.82, 2.24) is 15.1 Å².